The highest BCUT2D eigenvalue weighted by Crippen LogP contribution is 2.06. The Labute approximate surface area is 100 Å². The topological polar surface area (TPSA) is 98.2 Å². The lowest BCUT2D eigenvalue weighted by Crippen LogP contribution is -2.44. The van der Waals surface area contributed by atoms with Gasteiger partial charge in [0.2, 0.25) is 11.8 Å². The molecule has 1 aromatic rings. The number of nitrogens with one attached hydrogen (secondary N) is 1. The molecule has 0 spiro atoms. The van der Waals surface area contributed by atoms with E-state index in [4.69, 9.17) is 11.5 Å². The van der Waals surface area contributed by atoms with Crippen LogP contribution in [0.15, 0.2) is 24.3 Å². The van der Waals surface area contributed by atoms with Crippen molar-refractivity contribution in [1.82, 2.24) is 5.32 Å². The molecule has 2 amide bonds. The normalized spacial score (nSPS) is 11.9. The summed E-state index contributed by atoms with van der Waals surface area (Å²) in [5, 5.41) is 2.38. The molecule has 1 aromatic carbocycles. The highest BCUT2D eigenvalue weighted by Gasteiger charge is 2.14. The van der Waals surface area contributed by atoms with Crippen LogP contribution in [0.3, 0.4) is 0 Å². The molecule has 0 fully saturated rings. The first-order valence-corrected chi connectivity index (χ1v) is 5.36. The first-order valence-electron chi connectivity index (χ1n) is 5.36. The first-order chi connectivity index (χ1) is 7.99. The molecule has 0 saturated heterocycles. The molecular formula is C12H17N3O2. The number of nitrogens with two attached hydrogens (primary N) is 2. The van der Waals surface area contributed by atoms with Gasteiger partial charge in [-0.1, -0.05) is 29.8 Å². The van der Waals surface area contributed by atoms with E-state index in [0.717, 1.165) is 11.1 Å². The van der Waals surface area contributed by atoms with Crippen molar-refractivity contribution in [3.05, 3.63) is 35.4 Å². The third kappa shape index (κ3) is 4.65. The maximum absolute atomic E-state index is 11.5. The second-order valence-corrected chi connectivity index (χ2v) is 3.98. The van der Waals surface area contributed by atoms with Crippen LogP contribution in [0.4, 0.5) is 0 Å². The quantitative estimate of drug-likeness (QED) is 0.639. The van der Waals surface area contributed by atoms with Crippen LogP contribution in [0, 0.1) is 6.92 Å². The molecule has 5 nitrogen and oxygen atoms in total. The Morgan fingerprint density at radius 1 is 1.41 bits per heavy atom. The molecular weight excluding hydrogens is 218 g/mol. The predicted molar refractivity (Wildman–Crippen MR) is 65.1 cm³/mol. The molecule has 0 aliphatic rings. The monoisotopic (exact) mass is 235 g/mol. The highest BCUT2D eigenvalue weighted by atomic mass is 16.2. The Hall–Kier alpha value is -1.88. The van der Waals surface area contributed by atoms with Crippen molar-refractivity contribution in [2.45, 2.75) is 19.4 Å². The van der Waals surface area contributed by atoms with Crippen molar-refractivity contribution in [3.8, 4) is 0 Å². The summed E-state index contributed by atoms with van der Waals surface area (Å²) in [7, 11) is 0. The summed E-state index contributed by atoms with van der Waals surface area (Å²) in [5.74, 6) is -0.952. The van der Waals surface area contributed by atoms with Crippen LogP contribution >= 0.6 is 0 Å². The first kappa shape index (κ1) is 13.2. The predicted octanol–water partition coefficient (Wildman–Crippen LogP) is -0.534. The summed E-state index contributed by atoms with van der Waals surface area (Å²) in [6.07, 6.45) is 0.437. The molecule has 92 valence electrons. The zero-order valence-corrected chi connectivity index (χ0v) is 9.77. The minimum atomic E-state index is -0.670. The number of amides is 2. The summed E-state index contributed by atoms with van der Waals surface area (Å²) in [5.41, 5.74) is 12.8. The number of benzene rings is 1. The van der Waals surface area contributed by atoms with Crippen molar-refractivity contribution in [1.29, 1.82) is 0 Å². The van der Waals surface area contributed by atoms with Crippen LogP contribution in [-0.4, -0.2) is 24.4 Å². The van der Waals surface area contributed by atoms with Crippen molar-refractivity contribution in [2.75, 3.05) is 6.54 Å². The smallest absolute Gasteiger partial charge is 0.237 e. The van der Waals surface area contributed by atoms with E-state index in [1.54, 1.807) is 0 Å². The second kappa shape index (κ2) is 6.00. The molecule has 0 aliphatic heterocycles. The van der Waals surface area contributed by atoms with Gasteiger partial charge in [0.15, 0.2) is 0 Å². The Kier molecular flexibility index (Phi) is 4.66. The molecule has 0 radical (unpaired) electrons. The van der Waals surface area contributed by atoms with Gasteiger partial charge < -0.3 is 16.8 Å². The number of primary amides is 1. The molecule has 0 aliphatic carbocycles. The zero-order chi connectivity index (χ0) is 12.8. The molecule has 0 saturated carbocycles. The van der Waals surface area contributed by atoms with Gasteiger partial charge in [-0.2, -0.15) is 0 Å². The Morgan fingerprint density at radius 3 is 2.71 bits per heavy atom. The Bertz CT molecular complexity index is 418. The van der Waals surface area contributed by atoms with E-state index in [1.165, 1.54) is 0 Å². The number of aryl methyl sites for hydroxylation is 1. The van der Waals surface area contributed by atoms with Crippen LogP contribution in [-0.2, 0) is 16.0 Å². The van der Waals surface area contributed by atoms with Crippen molar-refractivity contribution >= 4 is 11.8 Å². The van der Waals surface area contributed by atoms with E-state index in [0.29, 0.717) is 6.42 Å². The molecule has 5 heteroatoms. The Morgan fingerprint density at radius 2 is 2.12 bits per heavy atom. The highest BCUT2D eigenvalue weighted by molar-refractivity contribution is 5.86. The van der Waals surface area contributed by atoms with E-state index in [2.05, 4.69) is 5.32 Å². The van der Waals surface area contributed by atoms with Gasteiger partial charge in [-0.3, -0.25) is 9.59 Å². The number of rotatable bonds is 5. The van der Waals surface area contributed by atoms with Crippen molar-refractivity contribution < 1.29 is 9.59 Å². The molecule has 5 N–H and O–H groups in total. The average molecular weight is 235 g/mol. The lowest BCUT2D eigenvalue weighted by Gasteiger charge is -2.11. The number of hydrogen-bond donors (Lipinski definition) is 3. The van der Waals surface area contributed by atoms with E-state index in [1.807, 2.05) is 31.2 Å². The zero-order valence-electron chi connectivity index (χ0n) is 9.77. The van der Waals surface area contributed by atoms with Gasteiger partial charge in [0.1, 0.15) is 0 Å². The maximum atomic E-state index is 11.5. The molecule has 0 bridgehead atoms. The van der Waals surface area contributed by atoms with Gasteiger partial charge in [0.25, 0.3) is 0 Å². The molecule has 0 unspecified atom stereocenters. The molecule has 0 heterocycles. The van der Waals surface area contributed by atoms with Crippen LogP contribution in [0.5, 0.6) is 0 Å². The third-order valence-corrected chi connectivity index (χ3v) is 2.31. The van der Waals surface area contributed by atoms with Crippen LogP contribution in [0.25, 0.3) is 0 Å². The van der Waals surface area contributed by atoms with Crippen LogP contribution < -0.4 is 16.8 Å². The standard InChI is InChI=1S/C12H17N3O2/c1-8-3-2-4-9(5-8)6-10(13)12(17)15-7-11(14)16/h2-5,10H,6-7,13H2,1H3,(H2,14,16)(H,15,17)/t10-/m1/s1. The van der Waals surface area contributed by atoms with Gasteiger partial charge in [-0.05, 0) is 18.9 Å². The number of carbonyl (C=O) groups excluding carboxylic acids is 2. The van der Waals surface area contributed by atoms with Gasteiger partial charge in [-0.15, -0.1) is 0 Å². The minimum absolute atomic E-state index is 0.180. The fourth-order valence-corrected chi connectivity index (χ4v) is 1.49. The van der Waals surface area contributed by atoms with Crippen molar-refractivity contribution in [3.63, 3.8) is 0 Å². The summed E-state index contributed by atoms with van der Waals surface area (Å²) >= 11 is 0. The lowest BCUT2D eigenvalue weighted by atomic mass is 10.0. The average Bonchev–Trinajstić information content (AvgIpc) is 2.25. The minimum Gasteiger partial charge on any atom is -0.368 e. The fourth-order valence-electron chi connectivity index (χ4n) is 1.49. The van der Waals surface area contributed by atoms with E-state index in [9.17, 15) is 9.59 Å². The molecule has 17 heavy (non-hydrogen) atoms. The molecule has 1 rings (SSSR count). The van der Waals surface area contributed by atoms with Gasteiger partial charge in [0, 0.05) is 0 Å². The third-order valence-electron chi connectivity index (χ3n) is 2.31. The van der Waals surface area contributed by atoms with E-state index in [-0.39, 0.29) is 12.5 Å². The van der Waals surface area contributed by atoms with Crippen molar-refractivity contribution in [2.24, 2.45) is 11.5 Å². The summed E-state index contributed by atoms with van der Waals surface area (Å²) in [6, 6.07) is 7.10. The Balaban J connectivity index is 2.51. The summed E-state index contributed by atoms with van der Waals surface area (Å²) < 4.78 is 0. The SMILES string of the molecule is Cc1cccc(C[C@@H](N)C(=O)NCC(N)=O)c1. The van der Waals surface area contributed by atoms with Gasteiger partial charge in [-0.25, -0.2) is 0 Å². The lowest BCUT2D eigenvalue weighted by molar-refractivity contribution is -0.125. The largest absolute Gasteiger partial charge is 0.368 e. The molecule has 1 atom stereocenters. The van der Waals surface area contributed by atoms with Gasteiger partial charge in [0.05, 0.1) is 12.6 Å². The fraction of sp³-hybridized carbons (Fsp3) is 0.333. The van der Waals surface area contributed by atoms with E-state index < -0.39 is 11.9 Å². The van der Waals surface area contributed by atoms with Crippen LogP contribution in [0.1, 0.15) is 11.1 Å². The number of carbonyl (C=O) groups is 2. The van der Waals surface area contributed by atoms with E-state index >= 15 is 0 Å². The summed E-state index contributed by atoms with van der Waals surface area (Å²) in [4.78, 5) is 22.0. The van der Waals surface area contributed by atoms with Gasteiger partial charge >= 0.3 is 0 Å². The second-order valence-electron chi connectivity index (χ2n) is 3.98. The molecule has 0 aromatic heterocycles. The number of hydrogen-bond acceptors (Lipinski definition) is 3. The van der Waals surface area contributed by atoms with Crippen LogP contribution in [0.2, 0.25) is 0 Å². The summed E-state index contributed by atoms with van der Waals surface area (Å²) in [6.45, 7) is 1.79. The maximum Gasteiger partial charge on any atom is 0.237 e.